The predicted molar refractivity (Wildman–Crippen MR) is 63.1 cm³/mol. The number of aromatic hydroxyl groups is 1. The smallest absolute Gasteiger partial charge is 0.239 e. The zero-order valence-electron chi connectivity index (χ0n) is 9.68. The van der Waals surface area contributed by atoms with Crippen LogP contribution < -0.4 is 5.73 Å². The Morgan fingerprint density at radius 2 is 2.00 bits per heavy atom. The molecule has 0 aromatic heterocycles. The Kier molecular flexibility index (Phi) is 4.31. The van der Waals surface area contributed by atoms with Gasteiger partial charge in [0.1, 0.15) is 5.75 Å². The Balaban J connectivity index is 2.60. The van der Waals surface area contributed by atoms with Gasteiger partial charge in [-0.15, -0.1) is 0 Å². The monoisotopic (exact) mass is 222 g/mol. The molecular formula is C12H18N2O2. The summed E-state index contributed by atoms with van der Waals surface area (Å²) >= 11 is 0. The van der Waals surface area contributed by atoms with E-state index in [9.17, 15) is 4.79 Å². The maximum atomic E-state index is 11.7. The largest absolute Gasteiger partial charge is 0.508 e. The van der Waals surface area contributed by atoms with Crippen LogP contribution in [0.15, 0.2) is 24.3 Å². The van der Waals surface area contributed by atoms with E-state index >= 15 is 0 Å². The Morgan fingerprint density at radius 1 is 1.44 bits per heavy atom. The average Bonchev–Trinajstić information content (AvgIpc) is 2.30. The molecule has 1 atom stereocenters. The molecule has 0 aliphatic carbocycles. The second kappa shape index (κ2) is 5.51. The van der Waals surface area contributed by atoms with Crippen LogP contribution in [0.25, 0.3) is 0 Å². The van der Waals surface area contributed by atoms with Crippen molar-refractivity contribution >= 4 is 5.91 Å². The van der Waals surface area contributed by atoms with Gasteiger partial charge in [-0.1, -0.05) is 12.1 Å². The fourth-order valence-corrected chi connectivity index (χ4v) is 1.41. The lowest BCUT2D eigenvalue weighted by Gasteiger charge is -2.19. The highest BCUT2D eigenvalue weighted by molar-refractivity contribution is 5.81. The van der Waals surface area contributed by atoms with Crippen LogP contribution >= 0.6 is 0 Å². The maximum Gasteiger partial charge on any atom is 0.239 e. The lowest BCUT2D eigenvalue weighted by molar-refractivity contribution is -0.131. The number of carbonyl (C=O) groups is 1. The van der Waals surface area contributed by atoms with E-state index in [0.717, 1.165) is 5.56 Å². The van der Waals surface area contributed by atoms with Crippen molar-refractivity contribution in [2.75, 3.05) is 13.6 Å². The molecule has 0 bridgehead atoms. The van der Waals surface area contributed by atoms with Crippen LogP contribution in [0.1, 0.15) is 12.5 Å². The third-order valence-corrected chi connectivity index (χ3v) is 2.56. The number of phenolic OH excluding ortho intramolecular Hbond substituents is 1. The van der Waals surface area contributed by atoms with Gasteiger partial charge in [0.05, 0.1) is 6.04 Å². The van der Waals surface area contributed by atoms with Crippen molar-refractivity contribution in [2.24, 2.45) is 5.73 Å². The number of amides is 1. The van der Waals surface area contributed by atoms with E-state index in [2.05, 4.69) is 0 Å². The van der Waals surface area contributed by atoms with Gasteiger partial charge in [0.15, 0.2) is 0 Å². The lowest BCUT2D eigenvalue weighted by atomic mass is 10.1. The third kappa shape index (κ3) is 3.24. The first-order valence-corrected chi connectivity index (χ1v) is 5.33. The third-order valence-electron chi connectivity index (χ3n) is 2.56. The minimum absolute atomic E-state index is 0.0597. The number of rotatable bonds is 4. The van der Waals surface area contributed by atoms with Crippen LogP contribution in [0.3, 0.4) is 0 Å². The fraction of sp³-hybridized carbons (Fsp3) is 0.417. The van der Waals surface area contributed by atoms with Gasteiger partial charge in [0.2, 0.25) is 5.91 Å². The molecule has 0 spiro atoms. The van der Waals surface area contributed by atoms with Crippen LogP contribution in [0.2, 0.25) is 0 Å². The molecule has 1 rings (SSSR count). The van der Waals surface area contributed by atoms with Crippen molar-refractivity contribution in [3.8, 4) is 5.75 Å². The van der Waals surface area contributed by atoms with Crippen molar-refractivity contribution in [2.45, 2.75) is 19.4 Å². The molecule has 0 saturated heterocycles. The second-order valence-electron chi connectivity index (χ2n) is 3.83. The van der Waals surface area contributed by atoms with E-state index < -0.39 is 6.04 Å². The number of hydrogen-bond acceptors (Lipinski definition) is 3. The van der Waals surface area contributed by atoms with E-state index in [4.69, 9.17) is 10.8 Å². The van der Waals surface area contributed by atoms with Crippen molar-refractivity contribution in [3.05, 3.63) is 29.8 Å². The number of carbonyl (C=O) groups excluding carboxylic acids is 1. The number of benzene rings is 1. The molecule has 0 fully saturated rings. The summed E-state index contributed by atoms with van der Waals surface area (Å²) < 4.78 is 0. The molecular weight excluding hydrogens is 204 g/mol. The molecule has 0 aliphatic heterocycles. The Hall–Kier alpha value is -1.55. The first-order chi connectivity index (χ1) is 7.54. The molecule has 4 heteroatoms. The average molecular weight is 222 g/mol. The molecule has 0 unspecified atom stereocenters. The van der Waals surface area contributed by atoms with E-state index in [1.54, 1.807) is 36.2 Å². The minimum atomic E-state index is -0.519. The summed E-state index contributed by atoms with van der Waals surface area (Å²) in [5.41, 5.74) is 6.76. The zero-order valence-corrected chi connectivity index (χ0v) is 9.68. The van der Waals surface area contributed by atoms with Gasteiger partial charge in [-0.05, 0) is 31.0 Å². The summed E-state index contributed by atoms with van der Waals surface area (Å²) in [5, 5.41) is 9.12. The second-order valence-corrected chi connectivity index (χ2v) is 3.83. The summed E-state index contributed by atoms with van der Waals surface area (Å²) in [4.78, 5) is 13.3. The molecule has 16 heavy (non-hydrogen) atoms. The summed E-state index contributed by atoms with van der Waals surface area (Å²) in [6, 6.07) is 6.21. The first kappa shape index (κ1) is 12.5. The van der Waals surface area contributed by atoms with Crippen molar-refractivity contribution in [1.82, 2.24) is 4.90 Å². The van der Waals surface area contributed by atoms with Crippen LogP contribution in [0.5, 0.6) is 5.75 Å². The molecule has 0 aliphatic rings. The van der Waals surface area contributed by atoms with Crippen LogP contribution in [-0.4, -0.2) is 35.5 Å². The van der Waals surface area contributed by atoms with E-state index in [1.807, 2.05) is 6.92 Å². The summed E-state index contributed by atoms with van der Waals surface area (Å²) in [6.07, 6.45) is 0.490. The fourth-order valence-electron chi connectivity index (χ4n) is 1.41. The molecule has 0 radical (unpaired) electrons. The molecule has 4 nitrogen and oxygen atoms in total. The van der Waals surface area contributed by atoms with Crippen LogP contribution in [0.4, 0.5) is 0 Å². The van der Waals surface area contributed by atoms with Crippen molar-refractivity contribution in [1.29, 1.82) is 0 Å². The molecule has 1 aromatic carbocycles. The summed E-state index contributed by atoms with van der Waals surface area (Å²) in [5.74, 6) is 0.157. The predicted octanol–water partition coefficient (Wildman–Crippen LogP) is 0.740. The number of nitrogens with two attached hydrogens (primary N) is 1. The van der Waals surface area contributed by atoms with Gasteiger partial charge in [-0.25, -0.2) is 0 Å². The quantitative estimate of drug-likeness (QED) is 0.789. The molecule has 0 heterocycles. The minimum Gasteiger partial charge on any atom is -0.508 e. The molecule has 1 amide bonds. The van der Waals surface area contributed by atoms with Crippen LogP contribution in [0, 0.1) is 0 Å². The van der Waals surface area contributed by atoms with Gasteiger partial charge in [-0.3, -0.25) is 4.79 Å². The number of hydrogen-bond donors (Lipinski definition) is 2. The van der Waals surface area contributed by atoms with Crippen molar-refractivity contribution in [3.63, 3.8) is 0 Å². The van der Waals surface area contributed by atoms with E-state index in [1.165, 1.54) is 0 Å². The van der Waals surface area contributed by atoms with Gasteiger partial charge in [0.25, 0.3) is 0 Å². The number of phenols is 1. The first-order valence-electron chi connectivity index (χ1n) is 5.33. The molecule has 88 valence electrons. The maximum absolute atomic E-state index is 11.7. The topological polar surface area (TPSA) is 66.6 Å². The van der Waals surface area contributed by atoms with Gasteiger partial charge < -0.3 is 15.7 Å². The van der Waals surface area contributed by atoms with Gasteiger partial charge in [-0.2, -0.15) is 0 Å². The highest BCUT2D eigenvalue weighted by atomic mass is 16.3. The van der Waals surface area contributed by atoms with E-state index in [0.29, 0.717) is 13.0 Å². The van der Waals surface area contributed by atoms with Crippen molar-refractivity contribution < 1.29 is 9.90 Å². The Labute approximate surface area is 95.7 Å². The number of nitrogens with zero attached hydrogens (tertiary/aromatic N) is 1. The summed E-state index contributed by atoms with van der Waals surface area (Å²) in [7, 11) is 1.74. The molecule has 0 saturated carbocycles. The van der Waals surface area contributed by atoms with E-state index in [-0.39, 0.29) is 11.7 Å². The Morgan fingerprint density at radius 3 is 2.50 bits per heavy atom. The molecule has 3 N–H and O–H groups in total. The highest BCUT2D eigenvalue weighted by Gasteiger charge is 2.16. The van der Waals surface area contributed by atoms with Gasteiger partial charge >= 0.3 is 0 Å². The van der Waals surface area contributed by atoms with Crippen LogP contribution in [-0.2, 0) is 11.2 Å². The lowest BCUT2D eigenvalue weighted by Crippen LogP contribution is -2.42. The molecule has 1 aromatic rings. The normalized spacial score (nSPS) is 12.2. The highest BCUT2D eigenvalue weighted by Crippen LogP contribution is 2.11. The standard InChI is InChI=1S/C12H18N2O2/c1-3-14(2)12(16)11(13)8-9-4-6-10(15)7-5-9/h4-7,11,15H,3,8,13H2,1-2H3/t11-/m1/s1. The number of likely N-dealkylation sites (N-methyl/N-ethyl adjacent to an activating group) is 1. The Bertz CT molecular complexity index is 349. The van der Waals surface area contributed by atoms with Gasteiger partial charge in [0, 0.05) is 13.6 Å². The zero-order chi connectivity index (χ0) is 12.1. The summed E-state index contributed by atoms with van der Waals surface area (Å²) in [6.45, 7) is 2.56. The SMILES string of the molecule is CCN(C)C(=O)[C@H](N)Cc1ccc(O)cc1.